The number of ether oxygens (including phenoxy) is 2. The average Bonchev–Trinajstić information content (AvgIpc) is 3.21. The molecule has 1 aliphatic rings. The number of carbonyl (C=O) groups is 3. The summed E-state index contributed by atoms with van der Waals surface area (Å²) in [6.07, 6.45) is 2.53. The van der Waals surface area contributed by atoms with E-state index in [0.717, 1.165) is 6.08 Å². The average molecular weight is 490 g/mol. The van der Waals surface area contributed by atoms with Crippen molar-refractivity contribution in [3.8, 4) is 0 Å². The number of nitrogens with two attached hydrogens (primary N) is 1. The van der Waals surface area contributed by atoms with Crippen molar-refractivity contribution in [2.45, 2.75) is 24.8 Å². The molecule has 34 heavy (non-hydrogen) atoms. The Morgan fingerprint density at radius 2 is 1.85 bits per heavy atom. The molecule has 0 fully saturated rings. The summed E-state index contributed by atoms with van der Waals surface area (Å²) in [5.74, 6) is -0.557. The maximum Gasteiger partial charge on any atom is 0.338 e. The topological polar surface area (TPSA) is 167 Å². The Morgan fingerprint density at radius 3 is 2.44 bits per heavy atom. The molecule has 1 atom stereocenters. The summed E-state index contributed by atoms with van der Waals surface area (Å²) >= 11 is 0. The lowest BCUT2D eigenvalue weighted by Gasteiger charge is -2.27. The van der Waals surface area contributed by atoms with E-state index in [1.54, 1.807) is 26.0 Å². The zero-order valence-corrected chi connectivity index (χ0v) is 19.2. The minimum absolute atomic E-state index is 0.0474. The van der Waals surface area contributed by atoms with Gasteiger partial charge in [0, 0.05) is 6.08 Å². The molecule has 2 heterocycles. The molecule has 1 aliphatic heterocycles. The van der Waals surface area contributed by atoms with E-state index >= 15 is 0 Å². The zero-order chi connectivity index (χ0) is 24.9. The highest BCUT2D eigenvalue weighted by Crippen LogP contribution is 2.29. The van der Waals surface area contributed by atoms with Gasteiger partial charge in [0.05, 0.1) is 22.8 Å². The molecular formula is C22H23N3O8S. The Hall–Kier alpha value is -3.90. The quantitative estimate of drug-likeness (QED) is 0.372. The first kappa shape index (κ1) is 24.7. The molecule has 0 radical (unpaired) electrons. The van der Waals surface area contributed by atoms with Crippen molar-refractivity contribution in [2.24, 2.45) is 5.14 Å². The van der Waals surface area contributed by atoms with Crippen LogP contribution in [0, 0.1) is 6.92 Å². The van der Waals surface area contributed by atoms with Gasteiger partial charge in [0.1, 0.15) is 24.2 Å². The van der Waals surface area contributed by atoms with E-state index < -0.39 is 40.6 Å². The summed E-state index contributed by atoms with van der Waals surface area (Å²) in [4.78, 5) is 37.0. The van der Waals surface area contributed by atoms with Crippen molar-refractivity contribution in [3.63, 3.8) is 0 Å². The second-order valence-electron chi connectivity index (χ2n) is 7.15. The first-order chi connectivity index (χ1) is 16.1. The number of nitrogens with one attached hydrogen (secondary N) is 2. The number of aryl methyl sites for hydroxylation is 1. The third kappa shape index (κ3) is 6.11. The fourth-order valence-corrected chi connectivity index (χ4v) is 3.64. The molecule has 180 valence electrons. The molecule has 3 rings (SSSR count). The van der Waals surface area contributed by atoms with Gasteiger partial charge >= 0.3 is 18.0 Å². The lowest BCUT2D eigenvalue weighted by molar-refractivity contribution is -0.140. The fourth-order valence-electron chi connectivity index (χ4n) is 3.13. The van der Waals surface area contributed by atoms with Crippen LogP contribution < -0.4 is 15.8 Å². The molecule has 0 aliphatic carbocycles. The van der Waals surface area contributed by atoms with Gasteiger partial charge in [-0.3, -0.25) is 0 Å². The summed E-state index contributed by atoms with van der Waals surface area (Å²) < 4.78 is 38.5. The van der Waals surface area contributed by atoms with E-state index in [4.69, 9.17) is 19.0 Å². The van der Waals surface area contributed by atoms with Crippen LogP contribution in [0.25, 0.3) is 6.08 Å². The van der Waals surface area contributed by atoms with Crippen molar-refractivity contribution in [1.82, 2.24) is 10.6 Å². The zero-order valence-electron chi connectivity index (χ0n) is 18.4. The molecule has 0 spiro atoms. The Bertz CT molecular complexity index is 1260. The van der Waals surface area contributed by atoms with E-state index in [1.165, 1.54) is 30.3 Å². The first-order valence-electron chi connectivity index (χ1n) is 10.1. The second kappa shape index (κ2) is 10.4. The van der Waals surface area contributed by atoms with Crippen LogP contribution >= 0.6 is 0 Å². The highest BCUT2D eigenvalue weighted by Gasteiger charge is 2.35. The Kier molecular flexibility index (Phi) is 7.54. The monoisotopic (exact) mass is 489 g/mol. The third-order valence-corrected chi connectivity index (χ3v) is 5.60. The van der Waals surface area contributed by atoms with Crippen molar-refractivity contribution >= 4 is 34.1 Å². The summed E-state index contributed by atoms with van der Waals surface area (Å²) in [6.45, 7) is 3.04. The molecule has 2 aromatic rings. The van der Waals surface area contributed by atoms with Crippen LogP contribution in [0.1, 0.15) is 30.0 Å². The molecular weight excluding hydrogens is 466 g/mol. The number of amides is 2. The van der Waals surface area contributed by atoms with Gasteiger partial charge in [-0.1, -0.05) is 12.1 Å². The number of esters is 2. The van der Waals surface area contributed by atoms with Crippen LogP contribution in [0.3, 0.4) is 0 Å². The number of furan rings is 1. The van der Waals surface area contributed by atoms with E-state index in [0.29, 0.717) is 17.1 Å². The molecule has 1 unspecified atom stereocenters. The molecule has 11 nitrogen and oxygen atoms in total. The molecule has 1 aromatic carbocycles. The molecule has 2 amide bonds. The van der Waals surface area contributed by atoms with Gasteiger partial charge in [-0.2, -0.15) is 0 Å². The number of urea groups is 1. The van der Waals surface area contributed by atoms with Gasteiger partial charge < -0.3 is 24.5 Å². The number of hydrogen-bond acceptors (Lipinski definition) is 8. The SMILES string of the molecule is CCOC(=O)C1=C(COC(=O)/C=C/c2ccc(S(N)(=O)=O)cc2)NC(=O)NC1c1ccc(C)o1. The van der Waals surface area contributed by atoms with Gasteiger partial charge in [0.25, 0.3) is 0 Å². The predicted molar refractivity (Wildman–Crippen MR) is 119 cm³/mol. The predicted octanol–water partition coefficient (Wildman–Crippen LogP) is 1.66. The van der Waals surface area contributed by atoms with Gasteiger partial charge in [-0.25, -0.2) is 27.9 Å². The highest BCUT2D eigenvalue weighted by molar-refractivity contribution is 7.89. The highest BCUT2D eigenvalue weighted by atomic mass is 32.2. The lowest BCUT2D eigenvalue weighted by atomic mass is 10.0. The van der Waals surface area contributed by atoms with Gasteiger partial charge in [-0.05, 0) is 49.8 Å². The normalized spacial score (nSPS) is 16.2. The summed E-state index contributed by atoms with van der Waals surface area (Å²) in [6, 6.07) is 7.31. The molecule has 4 N–H and O–H groups in total. The van der Waals surface area contributed by atoms with Gasteiger partial charge in [0.15, 0.2) is 0 Å². The van der Waals surface area contributed by atoms with Crippen LogP contribution in [-0.4, -0.2) is 39.6 Å². The number of carbonyl (C=O) groups excluding carboxylic acids is 3. The van der Waals surface area contributed by atoms with Crippen molar-refractivity contribution in [1.29, 1.82) is 0 Å². The maximum absolute atomic E-state index is 12.6. The van der Waals surface area contributed by atoms with E-state index in [1.807, 2.05) is 0 Å². The van der Waals surface area contributed by atoms with Crippen LogP contribution in [0.5, 0.6) is 0 Å². The van der Waals surface area contributed by atoms with Gasteiger partial charge in [0.2, 0.25) is 10.0 Å². The van der Waals surface area contributed by atoms with E-state index in [2.05, 4.69) is 10.6 Å². The number of sulfonamides is 1. The van der Waals surface area contributed by atoms with Crippen molar-refractivity contribution in [2.75, 3.05) is 13.2 Å². The van der Waals surface area contributed by atoms with Crippen LogP contribution in [0.15, 0.2) is 63.1 Å². The minimum atomic E-state index is -3.82. The fraction of sp³-hybridized carbons (Fsp3) is 0.227. The maximum atomic E-state index is 12.6. The van der Waals surface area contributed by atoms with Crippen molar-refractivity contribution in [3.05, 3.63) is 70.8 Å². The lowest BCUT2D eigenvalue weighted by Crippen LogP contribution is -2.47. The number of benzene rings is 1. The van der Waals surface area contributed by atoms with Crippen LogP contribution in [0.4, 0.5) is 4.79 Å². The van der Waals surface area contributed by atoms with Crippen LogP contribution in [-0.2, 0) is 29.1 Å². The smallest absolute Gasteiger partial charge is 0.338 e. The van der Waals surface area contributed by atoms with E-state index in [-0.39, 0.29) is 22.8 Å². The summed E-state index contributed by atoms with van der Waals surface area (Å²) in [5, 5.41) is 10.1. The molecule has 0 bridgehead atoms. The second-order valence-corrected chi connectivity index (χ2v) is 8.71. The third-order valence-electron chi connectivity index (χ3n) is 4.67. The van der Waals surface area contributed by atoms with Gasteiger partial charge in [-0.15, -0.1) is 0 Å². The number of rotatable bonds is 8. The van der Waals surface area contributed by atoms with Crippen LogP contribution in [0.2, 0.25) is 0 Å². The summed E-state index contributed by atoms with van der Waals surface area (Å²) in [7, 11) is -3.82. The summed E-state index contributed by atoms with van der Waals surface area (Å²) in [5.41, 5.74) is 0.630. The van der Waals surface area contributed by atoms with Crippen molar-refractivity contribution < 1.29 is 36.7 Å². The molecule has 0 saturated heterocycles. The first-order valence-corrected chi connectivity index (χ1v) is 11.6. The standard InChI is InChI=1S/C22H23N3O8S/c1-3-31-21(27)19-16(24-22(28)25-20(19)17-10-4-13(2)33-17)12-32-18(26)11-7-14-5-8-15(9-6-14)34(23,29)30/h4-11,20H,3,12H2,1-2H3,(H2,23,29,30)(H2,24,25,28)/b11-7+. The number of primary sulfonamides is 1. The largest absolute Gasteiger partial charge is 0.464 e. The minimum Gasteiger partial charge on any atom is -0.464 e. The number of hydrogen-bond donors (Lipinski definition) is 3. The Morgan fingerprint density at radius 1 is 1.15 bits per heavy atom. The van der Waals surface area contributed by atoms with E-state index in [9.17, 15) is 22.8 Å². The molecule has 1 aromatic heterocycles. The Balaban J connectivity index is 1.77. The Labute approximate surface area is 195 Å². The molecule has 12 heteroatoms. The molecule has 0 saturated carbocycles.